The molecule has 138 valence electrons. The first-order valence-electron chi connectivity index (χ1n) is 9.07. The van der Waals surface area contributed by atoms with Gasteiger partial charge in [-0.05, 0) is 45.4 Å². The standard InChI is InChI=1S/C19H29N3O3/c1-4-11-20-18(23)17-10-9-16(25-17)14-21-12-7-8-15(13-21)19(24)22(5-2)6-3/h4,9-10,15H,1,5-8,11-14H2,2-3H3,(H,20,23). The Balaban J connectivity index is 1.92. The van der Waals surface area contributed by atoms with E-state index in [1.807, 2.05) is 24.8 Å². The van der Waals surface area contributed by atoms with Crippen LogP contribution in [-0.2, 0) is 11.3 Å². The third kappa shape index (κ3) is 5.19. The lowest BCUT2D eigenvalue weighted by Gasteiger charge is -2.34. The predicted molar refractivity (Wildman–Crippen MR) is 97.2 cm³/mol. The summed E-state index contributed by atoms with van der Waals surface area (Å²) in [6, 6.07) is 3.52. The number of nitrogens with zero attached hydrogens (tertiary/aromatic N) is 2. The molecule has 1 N–H and O–H groups in total. The Morgan fingerprint density at radius 3 is 2.84 bits per heavy atom. The van der Waals surface area contributed by atoms with Crippen LogP contribution in [-0.4, -0.2) is 54.3 Å². The number of carbonyl (C=O) groups excluding carboxylic acids is 2. The minimum atomic E-state index is -0.237. The first-order chi connectivity index (χ1) is 12.1. The van der Waals surface area contributed by atoms with Gasteiger partial charge < -0.3 is 14.6 Å². The summed E-state index contributed by atoms with van der Waals surface area (Å²) in [5, 5.41) is 2.70. The second kappa shape index (κ2) is 9.42. The number of hydrogen-bond acceptors (Lipinski definition) is 4. The van der Waals surface area contributed by atoms with Crippen LogP contribution in [0, 0.1) is 5.92 Å². The van der Waals surface area contributed by atoms with Crippen molar-refractivity contribution >= 4 is 11.8 Å². The molecular formula is C19H29N3O3. The van der Waals surface area contributed by atoms with Gasteiger partial charge in [-0.15, -0.1) is 6.58 Å². The van der Waals surface area contributed by atoms with Crippen molar-refractivity contribution < 1.29 is 14.0 Å². The molecule has 6 heteroatoms. The van der Waals surface area contributed by atoms with E-state index in [1.165, 1.54) is 0 Å². The van der Waals surface area contributed by atoms with Crippen LogP contribution in [0.5, 0.6) is 0 Å². The average molecular weight is 347 g/mol. The van der Waals surface area contributed by atoms with Crippen LogP contribution in [0.4, 0.5) is 0 Å². The zero-order valence-electron chi connectivity index (χ0n) is 15.3. The lowest BCUT2D eigenvalue weighted by Crippen LogP contribution is -2.44. The number of rotatable bonds is 8. The van der Waals surface area contributed by atoms with Gasteiger partial charge in [0.1, 0.15) is 5.76 Å². The molecule has 2 heterocycles. The third-order valence-corrected chi connectivity index (χ3v) is 4.60. The Morgan fingerprint density at radius 2 is 2.16 bits per heavy atom. The summed E-state index contributed by atoms with van der Waals surface area (Å²) < 4.78 is 5.65. The van der Waals surface area contributed by atoms with Crippen molar-refractivity contribution in [2.24, 2.45) is 5.92 Å². The van der Waals surface area contributed by atoms with Crippen LogP contribution in [0.2, 0.25) is 0 Å². The summed E-state index contributed by atoms with van der Waals surface area (Å²) >= 11 is 0. The topological polar surface area (TPSA) is 65.8 Å². The molecule has 0 saturated carbocycles. The molecule has 2 rings (SSSR count). The maximum atomic E-state index is 12.6. The Labute approximate surface area is 149 Å². The quantitative estimate of drug-likeness (QED) is 0.733. The van der Waals surface area contributed by atoms with Gasteiger partial charge in [0.2, 0.25) is 5.91 Å². The van der Waals surface area contributed by atoms with Crippen LogP contribution < -0.4 is 5.32 Å². The van der Waals surface area contributed by atoms with Gasteiger partial charge in [0.25, 0.3) is 5.91 Å². The van der Waals surface area contributed by atoms with Crippen molar-refractivity contribution in [2.75, 3.05) is 32.7 Å². The smallest absolute Gasteiger partial charge is 0.287 e. The van der Waals surface area contributed by atoms with Crippen molar-refractivity contribution in [1.82, 2.24) is 15.1 Å². The summed E-state index contributed by atoms with van der Waals surface area (Å²) in [7, 11) is 0. The van der Waals surface area contributed by atoms with E-state index >= 15 is 0 Å². The van der Waals surface area contributed by atoms with Crippen molar-refractivity contribution in [2.45, 2.75) is 33.2 Å². The third-order valence-electron chi connectivity index (χ3n) is 4.60. The summed E-state index contributed by atoms with van der Waals surface area (Å²) in [5.74, 6) is 1.13. The zero-order chi connectivity index (χ0) is 18.2. The van der Waals surface area contributed by atoms with E-state index in [-0.39, 0.29) is 17.7 Å². The van der Waals surface area contributed by atoms with E-state index in [9.17, 15) is 9.59 Å². The van der Waals surface area contributed by atoms with Gasteiger partial charge >= 0.3 is 0 Å². The minimum absolute atomic E-state index is 0.0546. The van der Waals surface area contributed by atoms with Crippen LogP contribution in [0.25, 0.3) is 0 Å². The molecule has 1 saturated heterocycles. The number of likely N-dealkylation sites (tertiary alicyclic amines) is 1. The molecule has 25 heavy (non-hydrogen) atoms. The Kier molecular flexibility index (Phi) is 7.25. The summed E-state index contributed by atoms with van der Waals surface area (Å²) in [4.78, 5) is 28.6. The van der Waals surface area contributed by atoms with Gasteiger partial charge in [-0.3, -0.25) is 14.5 Å². The van der Waals surface area contributed by atoms with E-state index in [4.69, 9.17) is 4.42 Å². The first kappa shape index (κ1) is 19.2. The van der Waals surface area contributed by atoms with Crippen molar-refractivity contribution in [1.29, 1.82) is 0 Å². The highest BCUT2D eigenvalue weighted by molar-refractivity contribution is 5.91. The monoisotopic (exact) mass is 347 g/mol. The number of nitrogens with one attached hydrogen (secondary N) is 1. The van der Waals surface area contributed by atoms with Gasteiger partial charge in [-0.25, -0.2) is 0 Å². The van der Waals surface area contributed by atoms with E-state index in [0.29, 0.717) is 18.8 Å². The molecular weight excluding hydrogens is 318 g/mol. The fourth-order valence-electron chi connectivity index (χ4n) is 3.25. The lowest BCUT2D eigenvalue weighted by atomic mass is 9.96. The highest BCUT2D eigenvalue weighted by Crippen LogP contribution is 2.21. The van der Waals surface area contributed by atoms with Crippen LogP contribution in [0.15, 0.2) is 29.2 Å². The van der Waals surface area contributed by atoms with Gasteiger partial charge in [0.15, 0.2) is 5.76 Å². The molecule has 0 radical (unpaired) electrons. The maximum absolute atomic E-state index is 12.6. The Bertz CT molecular complexity index is 592. The lowest BCUT2D eigenvalue weighted by molar-refractivity contribution is -0.137. The molecule has 1 unspecified atom stereocenters. The maximum Gasteiger partial charge on any atom is 0.287 e. The number of piperidine rings is 1. The van der Waals surface area contributed by atoms with E-state index < -0.39 is 0 Å². The zero-order valence-corrected chi connectivity index (χ0v) is 15.3. The fourth-order valence-corrected chi connectivity index (χ4v) is 3.25. The molecule has 2 amide bonds. The van der Waals surface area contributed by atoms with E-state index in [2.05, 4.69) is 16.8 Å². The van der Waals surface area contributed by atoms with E-state index in [0.717, 1.165) is 44.8 Å². The summed E-state index contributed by atoms with van der Waals surface area (Å²) in [6.07, 6.45) is 3.58. The average Bonchev–Trinajstić information content (AvgIpc) is 3.09. The predicted octanol–water partition coefficient (Wildman–Crippen LogP) is 2.28. The van der Waals surface area contributed by atoms with Crippen LogP contribution in [0.1, 0.15) is 43.0 Å². The number of carbonyl (C=O) groups is 2. The van der Waals surface area contributed by atoms with E-state index in [1.54, 1.807) is 12.1 Å². The molecule has 1 aromatic heterocycles. The Morgan fingerprint density at radius 1 is 1.40 bits per heavy atom. The number of amides is 2. The number of hydrogen-bond donors (Lipinski definition) is 1. The normalized spacial score (nSPS) is 17.9. The minimum Gasteiger partial charge on any atom is -0.455 e. The fraction of sp³-hybridized carbons (Fsp3) is 0.579. The molecule has 1 atom stereocenters. The Hall–Kier alpha value is -2.08. The highest BCUT2D eigenvalue weighted by atomic mass is 16.4. The molecule has 1 fully saturated rings. The molecule has 0 aromatic carbocycles. The molecule has 0 aliphatic carbocycles. The van der Waals surface area contributed by atoms with Crippen LogP contribution >= 0.6 is 0 Å². The first-order valence-corrected chi connectivity index (χ1v) is 9.07. The van der Waals surface area contributed by atoms with Gasteiger partial charge in [-0.2, -0.15) is 0 Å². The molecule has 1 aliphatic heterocycles. The summed E-state index contributed by atoms with van der Waals surface area (Å²) in [5.41, 5.74) is 0. The van der Waals surface area contributed by atoms with Gasteiger partial charge in [-0.1, -0.05) is 6.08 Å². The van der Waals surface area contributed by atoms with Crippen LogP contribution in [0.3, 0.4) is 0 Å². The second-order valence-corrected chi connectivity index (χ2v) is 6.35. The molecule has 6 nitrogen and oxygen atoms in total. The highest BCUT2D eigenvalue weighted by Gasteiger charge is 2.28. The molecule has 1 aromatic rings. The largest absolute Gasteiger partial charge is 0.455 e. The SMILES string of the molecule is C=CCNC(=O)c1ccc(CN2CCCC(C(=O)N(CC)CC)C2)o1. The van der Waals surface area contributed by atoms with Gasteiger partial charge in [0.05, 0.1) is 12.5 Å². The summed E-state index contributed by atoms with van der Waals surface area (Å²) in [6.45, 7) is 11.8. The van der Waals surface area contributed by atoms with Gasteiger partial charge in [0, 0.05) is 26.2 Å². The van der Waals surface area contributed by atoms with Crippen molar-refractivity contribution in [3.8, 4) is 0 Å². The van der Waals surface area contributed by atoms with Crippen molar-refractivity contribution in [3.05, 3.63) is 36.3 Å². The molecule has 0 spiro atoms. The van der Waals surface area contributed by atoms with Crippen molar-refractivity contribution in [3.63, 3.8) is 0 Å². The second-order valence-electron chi connectivity index (χ2n) is 6.35. The molecule has 1 aliphatic rings. The molecule has 0 bridgehead atoms. The number of furan rings is 1.